The fourth-order valence-electron chi connectivity index (χ4n) is 3.53. The number of hydrogen-bond donors (Lipinski definition) is 0. The van der Waals surface area contributed by atoms with E-state index in [1.54, 1.807) is 0 Å². The molecular formula is C28H53NO8. The van der Waals surface area contributed by atoms with E-state index < -0.39 is 24.3 Å². The van der Waals surface area contributed by atoms with Crippen LogP contribution in [0.3, 0.4) is 0 Å². The third-order valence-corrected chi connectivity index (χ3v) is 5.85. The Morgan fingerprint density at radius 1 is 0.703 bits per heavy atom. The number of carbonyl (C=O) groups is 3. The SMILES string of the molecule is CCCCCCCCC(=O)OCC(COC(OCC[N+](C)(C)C)C(=O)[O-])OC(=O)CCCCCCCC. The second kappa shape index (κ2) is 22.3. The summed E-state index contributed by atoms with van der Waals surface area (Å²) >= 11 is 0. The quantitative estimate of drug-likeness (QED) is 0.0758. The number of hydrogen-bond acceptors (Lipinski definition) is 8. The summed E-state index contributed by atoms with van der Waals surface area (Å²) in [6.07, 6.45) is 10.6. The third-order valence-electron chi connectivity index (χ3n) is 5.85. The van der Waals surface area contributed by atoms with Crippen LogP contribution in [0, 0.1) is 0 Å². The number of carbonyl (C=O) groups excluding carboxylic acids is 3. The molecule has 0 fully saturated rings. The molecule has 0 aromatic carbocycles. The summed E-state index contributed by atoms with van der Waals surface area (Å²) in [6, 6.07) is 0. The second-order valence-electron chi connectivity index (χ2n) is 10.7. The van der Waals surface area contributed by atoms with Crippen molar-refractivity contribution in [2.45, 2.75) is 116 Å². The van der Waals surface area contributed by atoms with E-state index in [0.29, 0.717) is 23.9 Å². The minimum absolute atomic E-state index is 0.151. The molecule has 37 heavy (non-hydrogen) atoms. The van der Waals surface area contributed by atoms with E-state index in [0.717, 1.165) is 51.4 Å². The van der Waals surface area contributed by atoms with Crippen molar-refractivity contribution in [1.29, 1.82) is 0 Å². The number of quaternary nitrogens is 1. The van der Waals surface area contributed by atoms with Gasteiger partial charge in [-0.25, -0.2) is 0 Å². The zero-order chi connectivity index (χ0) is 27.9. The normalized spacial score (nSPS) is 13.2. The van der Waals surface area contributed by atoms with Gasteiger partial charge < -0.3 is 33.3 Å². The van der Waals surface area contributed by atoms with Crippen LogP contribution in [0.5, 0.6) is 0 Å². The van der Waals surface area contributed by atoms with Gasteiger partial charge in [0.15, 0.2) is 12.4 Å². The lowest BCUT2D eigenvalue weighted by Gasteiger charge is -2.26. The van der Waals surface area contributed by atoms with Crippen LogP contribution in [0.2, 0.25) is 0 Å². The van der Waals surface area contributed by atoms with E-state index >= 15 is 0 Å². The van der Waals surface area contributed by atoms with Crippen LogP contribution in [0.15, 0.2) is 0 Å². The first kappa shape index (κ1) is 35.3. The molecule has 0 aromatic rings. The number of ether oxygens (including phenoxy) is 4. The van der Waals surface area contributed by atoms with Gasteiger partial charge in [0.05, 0.1) is 40.3 Å². The molecule has 0 bridgehead atoms. The number of carboxylic acids is 1. The summed E-state index contributed by atoms with van der Waals surface area (Å²) in [4.78, 5) is 36.0. The number of aliphatic carboxylic acids is 1. The van der Waals surface area contributed by atoms with Crippen molar-refractivity contribution in [2.75, 3.05) is 47.5 Å². The van der Waals surface area contributed by atoms with Crippen molar-refractivity contribution in [3.8, 4) is 0 Å². The van der Waals surface area contributed by atoms with Crippen LogP contribution >= 0.6 is 0 Å². The number of carboxylic acid groups (broad SMARTS) is 1. The van der Waals surface area contributed by atoms with Crippen molar-refractivity contribution >= 4 is 17.9 Å². The predicted molar refractivity (Wildman–Crippen MR) is 140 cm³/mol. The first-order valence-corrected chi connectivity index (χ1v) is 14.2. The Morgan fingerprint density at radius 2 is 1.22 bits per heavy atom. The maximum absolute atomic E-state index is 12.4. The van der Waals surface area contributed by atoms with Crippen molar-refractivity contribution < 1.29 is 42.9 Å². The van der Waals surface area contributed by atoms with Crippen LogP contribution in [0.25, 0.3) is 0 Å². The summed E-state index contributed by atoms with van der Waals surface area (Å²) in [6.45, 7) is 4.55. The summed E-state index contributed by atoms with van der Waals surface area (Å²) in [7, 11) is 5.87. The lowest BCUT2D eigenvalue weighted by molar-refractivity contribution is -0.870. The van der Waals surface area contributed by atoms with E-state index in [2.05, 4.69) is 13.8 Å². The average molecular weight is 532 g/mol. The Balaban J connectivity index is 4.70. The molecule has 0 radical (unpaired) electrons. The molecule has 9 heteroatoms. The molecule has 0 aromatic heterocycles. The van der Waals surface area contributed by atoms with Crippen LogP contribution < -0.4 is 5.11 Å². The van der Waals surface area contributed by atoms with E-state index in [1.165, 1.54) is 19.3 Å². The van der Waals surface area contributed by atoms with Crippen LogP contribution in [0.4, 0.5) is 0 Å². The Hall–Kier alpha value is -1.71. The van der Waals surface area contributed by atoms with Gasteiger partial charge >= 0.3 is 11.9 Å². The Labute approximate surface area is 224 Å². The maximum Gasteiger partial charge on any atom is 0.306 e. The van der Waals surface area contributed by atoms with Crippen molar-refractivity contribution in [3.05, 3.63) is 0 Å². The molecule has 0 saturated heterocycles. The molecule has 0 rings (SSSR count). The largest absolute Gasteiger partial charge is 0.545 e. The molecular weight excluding hydrogens is 478 g/mol. The molecule has 0 spiro atoms. The van der Waals surface area contributed by atoms with Gasteiger partial charge in [-0.2, -0.15) is 0 Å². The van der Waals surface area contributed by atoms with Crippen LogP contribution in [-0.4, -0.2) is 82.3 Å². The maximum atomic E-state index is 12.4. The summed E-state index contributed by atoms with van der Waals surface area (Å²) in [5, 5.41) is 11.5. The molecule has 0 aliphatic heterocycles. The molecule has 0 aliphatic rings. The summed E-state index contributed by atoms with van der Waals surface area (Å²) in [5.74, 6) is -2.31. The molecule has 9 nitrogen and oxygen atoms in total. The van der Waals surface area contributed by atoms with Gasteiger partial charge in [0.2, 0.25) is 0 Å². The van der Waals surface area contributed by atoms with Gasteiger partial charge in [0.1, 0.15) is 13.2 Å². The van der Waals surface area contributed by atoms with E-state index in [1.807, 2.05) is 21.1 Å². The molecule has 0 heterocycles. The molecule has 0 amide bonds. The lowest BCUT2D eigenvalue weighted by Crippen LogP contribution is -2.44. The number of nitrogens with zero attached hydrogens (tertiary/aromatic N) is 1. The Kier molecular flexibility index (Phi) is 21.3. The molecule has 0 saturated carbocycles. The number of esters is 2. The minimum Gasteiger partial charge on any atom is -0.545 e. The fourth-order valence-corrected chi connectivity index (χ4v) is 3.53. The number of rotatable bonds is 25. The highest BCUT2D eigenvalue weighted by atomic mass is 16.7. The molecule has 2 unspecified atom stereocenters. The van der Waals surface area contributed by atoms with Crippen molar-refractivity contribution in [3.63, 3.8) is 0 Å². The van der Waals surface area contributed by atoms with Crippen molar-refractivity contribution in [2.24, 2.45) is 0 Å². The zero-order valence-corrected chi connectivity index (χ0v) is 24.1. The third kappa shape index (κ3) is 23.2. The first-order chi connectivity index (χ1) is 17.6. The Bertz CT molecular complexity index is 605. The molecule has 2 atom stereocenters. The summed E-state index contributed by atoms with van der Waals surface area (Å²) in [5.41, 5.74) is 0. The average Bonchev–Trinajstić information content (AvgIpc) is 2.82. The molecule has 218 valence electrons. The number of likely N-dealkylation sites (N-methyl/N-ethyl adjacent to an activating group) is 1. The van der Waals surface area contributed by atoms with Gasteiger partial charge in [-0.1, -0.05) is 78.1 Å². The first-order valence-electron chi connectivity index (χ1n) is 14.2. The van der Waals surface area contributed by atoms with E-state index in [-0.39, 0.29) is 32.2 Å². The Morgan fingerprint density at radius 3 is 1.73 bits per heavy atom. The smallest absolute Gasteiger partial charge is 0.306 e. The second-order valence-corrected chi connectivity index (χ2v) is 10.7. The highest BCUT2D eigenvalue weighted by Gasteiger charge is 2.21. The van der Waals surface area contributed by atoms with E-state index in [4.69, 9.17) is 18.9 Å². The van der Waals surface area contributed by atoms with Gasteiger partial charge in [-0.15, -0.1) is 0 Å². The monoisotopic (exact) mass is 531 g/mol. The van der Waals surface area contributed by atoms with Gasteiger partial charge in [0.25, 0.3) is 0 Å². The van der Waals surface area contributed by atoms with Gasteiger partial charge in [0, 0.05) is 12.8 Å². The van der Waals surface area contributed by atoms with E-state index in [9.17, 15) is 19.5 Å². The van der Waals surface area contributed by atoms with Gasteiger partial charge in [-0.3, -0.25) is 9.59 Å². The highest BCUT2D eigenvalue weighted by molar-refractivity contribution is 5.70. The molecule has 0 N–H and O–H groups in total. The van der Waals surface area contributed by atoms with Crippen molar-refractivity contribution in [1.82, 2.24) is 0 Å². The highest BCUT2D eigenvalue weighted by Crippen LogP contribution is 2.11. The number of unbranched alkanes of at least 4 members (excludes halogenated alkanes) is 10. The van der Waals surface area contributed by atoms with Crippen LogP contribution in [0.1, 0.15) is 104 Å². The van der Waals surface area contributed by atoms with Crippen LogP contribution in [-0.2, 0) is 33.3 Å². The minimum atomic E-state index is -1.61. The van der Waals surface area contributed by atoms with Gasteiger partial charge in [-0.05, 0) is 12.8 Å². The summed E-state index contributed by atoms with van der Waals surface area (Å²) < 4.78 is 22.1. The molecule has 0 aliphatic carbocycles. The fraction of sp³-hybridized carbons (Fsp3) is 0.893. The lowest BCUT2D eigenvalue weighted by atomic mass is 10.1. The topological polar surface area (TPSA) is 111 Å². The zero-order valence-electron chi connectivity index (χ0n) is 24.1. The predicted octanol–water partition coefficient (Wildman–Crippen LogP) is 3.76. The standard InChI is InChI=1S/C28H53NO8/c1-6-8-10-12-14-16-18-25(30)35-22-24(37-26(31)19-17-15-13-11-9-7-2)23-36-28(27(32)33)34-21-20-29(3,4)5/h24,28H,6-23H2,1-5H3.